The quantitative estimate of drug-likeness (QED) is 0.532. The molecule has 3 aromatic rings. The first-order valence-electron chi connectivity index (χ1n) is 6.70. The lowest BCUT2D eigenvalue weighted by molar-refractivity contribution is 1.31. The standard InChI is InChI=1S/C18H15N/c19-9-3-6-16-15-5-2-1-4-12(15)10-14-8-7-13-11-17(13)18(14)16/h1-5,7-10H,6,11,19H2. The van der Waals surface area contributed by atoms with E-state index in [1.54, 1.807) is 6.20 Å². The van der Waals surface area contributed by atoms with E-state index in [1.807, 2.05) is 6.08 Å². The van der Waals surface area contributed by atoms with Gasteiger partial charge in [-0.05, 0) is 63.3 Å². The molecule has 0 atom stereocenters. The third-order valence-corrected chi connectivity index (χ3v) is 4.04. The van der Waals surface area contributed by atoms with Crippen molar-refractivity contribution in [1.29, 1.82) is 0 Å². The van der Waals surface area contributed by atoms with Crippen LogP contribution in [0.4, 0.5) is 0 Å². The van der Waals surface area contributed by atoms with Gasteiger partial charge in [-0.1, -0.05) is 42.5 Å². The number of allylic oxidation sites excluding steroid dienone is 1. The van der Waals surface area contributed by atoms with Crippen molar-refractivity contribution in [2.75, 3.05) is 0 Å². The summed E-state index contributed by atoms with van der Waals surface area (Å²) in [4.78, 5) is 0. The van der Waals surface area contributed by atoms with E-state index in [-0.39, 0.29) is 0 Å². The highest BCUT2D eigenvalue weighted by Crippen LogP contribution is 2.40. The fraction of sp³-hybridized carbons (Fsp3) is 0.111. The Morgan fingerprint density at radius 3 is 2.84 bits per heavy atom. The second kappa shape index (κ2) is 3.86. The molecule has 0 heterocycles. The summed E-state index contributed by atoms with van der Waals surface area (Å²) in [5.74, 6) is 0. The fourth-order valence-corrected chi connectivity index (χ4v) is 3.08. The lowest BCUT2D eigenvalue weighted by Gasteiger charge is -2.09. The summed E-state index contributed by atoms with van der Waals surface area (Å²) in [6.45, 7) is 0. The van der Waals surface area contributed by atoms with Crippen LogP contribution >= 0.6 is 0 Å². The normalized spacial score (nSPS) is 13.3. The van der Waals surface area contributed by atoms with Crippen LogP contribution in [-0.4, -0.2) is 0 Å². The van der Waals surface area contributed by atoms with Gasteiger partial charge in [0.05, 0.1) is 0 Å². The third-order valence-electron chi connectivity index (χ3n) is 4.04. The van der Waals surface area contributed by atoms with Gasteiger partial charge in [-0.2, -0.15) is 0 Å². The van der Waals surface area contributed by atoms with E-state index >= 15 is 0 Å². The molecule has 92 valence electrons. The molecule has 0 unspecified atom stereocenters. The molecular weight excluding hydrogens is 230 g/mol. The Kier molecular flexibility index (Phi) is 2.16. The minimum atomic E-state index is 0.908. The maximum Gasteiger partial charge on any atom is -0.00136 e. The average Bonchev–Trinajstić information content (AvgIpc) is 3.23. The largest absolute Gasteiger partial charge is 0.405 e. The summed E-state index contributed by atoms with van der Waals surface area (Å²) in [6, 6.07) is 15.4. The number of rotatable bonds is 2. The minimum absolute atomic E-state index is 0.908. The van der Waals surface area contributed by atoms with Crippen molar-refractivity contribution in [3.8, 4) is 0 Å². The molecule has 1 aliphatic carbocycles. The van der Waals surface area contributed by atoms with E-state index in [9.17, 15) is 0 Å². The van der Waals surface area contributed by atoms with Gasteiger partial charge in [-0.25, -0.2) is 0 Å². The van der Waals surface area contributed by atoms with E-state index in [0.29, 0.717) is 0 Å². The van der Waals surface area contributed by atoms with Crippen molar-refractivity contribution in [3.05, 3.63) is 71.4 Å². The van der Waals surface area contributed by atoms with Gasteiger partial charge in [-0.3, -0.25) is 0 Å². The molecule has 1 nitrogen and oxygen atoms in total. The van der Waals surface area contributed by atoms with Crippen LogP contribution in [0.15, 0.2) is 54.7 Å². The van der Waals surface area contributed by atoms with Crippen LogP contribution in [0.25, 0.3) is 21.5 Å². The molecule has 0 saturated heterocycles. The first-order chi connectivity index (χ1) is 9.38. The second-order valence-corrected chi connectivity index (χ2v) is 5.19. The summed E-state index contributed by atoms with van der Waals surface area (Å²) in [5.41, 5.74) is 9.99. The predicted molar refractivity (Wildman–Crippen MR) is 81.3 cm³/mol. The van der Waals surface area contributed by atoms with E-state index in [2.05, 4.69) is 42.5 Å². The molecule has 0 saturated carbocycles. The average molecular weight is 245 g/mol. The van der Waals surface area contributed by atoms with Crippen molar-refractivity contribution in [2.45, 2.75) is 12.8 Å². The van der Waals surface area contributed by atoms with Crippen molar-refractivity contribution in [3.63, 3.8) is 0 Å². The van der Waals surface area contributed by atoms with Crippen LogP contribution in [0, 0.1) is 0 Å². The predicted octanol–water partition coefficient (Wildman–Crippen LogP) is 3.91. The number of nitrogens with two attached hydrogens (primary N) is 1. The first kappa shape index (κ1) is 10.6. The topological polar surface area (TPSA) is 26.0 Å². The molecule has 1 heteroatoms. The van der Waals surface area contributed by atoms with Crippen LogP contribution in [0.2, 0.25) is 0 Å². The van der Waals surface area contributed by atoms with E-state index in [1.165, 1.54) is 38.2 Å². The number of fused-ring (bicyclic) bond motifs is 4. The molecule has 19 heavy (non-hydrogen) atoms. The van der Waals surface area contributed by atoms with Gasteiger partial charge in [0.15, 0.2) is 0 Å². The molecule has 0 amide bonds. The Labute approximate surface area is 112 Å². The third kappa shape index (κ3) is 1.55. The summed E-state index contributed by atoms with van der Waals surface area (Å²) in [5, 5.41) is 5.48. The van der Waals surface area contributed by atoms with Gasteiger partial charge in [0.25, 0.3) is 0 Å². The van der Waals surface area contributed by atoms with Crippen molar-refractivity contribution in [2.24, 2.45) is 5.73 Å². The lowest BCUT2D eigenvalue weighted by Crippen LogP contribution is -1.89. The summed E-state index contributed by atoms with van der Waals surface area (Å²) in [7, 11) is 0. The summed E-state index contributed by atoms with van der Waals surface area (Å²) < 4.78 is 0. The molecule has 0 aromatic heterocycles. The van der Waals surface area contributed by atoms with Crippen molar-refractivity contribution < 1.29 is 0 Å². The van der Waals surface area contributed by atoms with E-state index in [0.717, 1.165) is 12.8 Å². The minimum Gasteiger partial charge on any atom is -0.405 e. The number of hydrogen-bond donors (Lipinski definition) is 1. The molecule has 3 aromatic carbocycles. The highest BCUT2D eigenvalue weighted by atomic mass is 14.5. The maximum absolute atomic E-state index is 5.54. The zero-order chi connectivity index (χ0) is 12.8. The zero-order valence-corrected chi connectivity index (χ0v) is 10.7. The Morgan fingerprint density at radius 1 is 1.05 bits per heavy atom. The van der Waals surface area contributed by atoms with Gasteiger partial charge in [0.2, 0.25) is 0 Å². The monoisotopic (exact) mass is 245 g/mol. The van der Waals surface area contributed by atoms with E-state index in [4.69, 9.17) is 5.73 Å². The summed E-state index contributed by atoms with van der Waals surface area (Å²) >= 11 is 0. The number of hydrogen-bond acceptors (Lipinski definition) is 1. The van der Waals surface area contributed by atoms with Crippen molar-refractivity contribution >= 4 is 21.5 Å². The van der Waals surface area contributed by atoms with Crippen LogP contribution in [0.5, 0.6) is 0 Å². The van der Waals surface area contributed by atoms with Gasteiger partial charge in [-0.15, -0.1) is 0 Å². The molecule has 0 fully saturated rings. The fourth-order valence-electron chi connectivity index (χ4n) is 3.08. The van der Waals surface area contributed by atoms with Crippen LogP contribution < -0.4 is 5.73 Å². The Balaban J connectivity index is 2.15. The van der Waals surface area contributed by atoms with Gasteiger partial charge < -0.3 is 5.73 Å². The smallest absolute Gasteiger partial charge is 0.00136 e. The molecule has 1 aliphatic rings. The highest BCUT2D eigenvalue weighted by molar-refractivity contribution is 6.05. The van der Waals surface area contributed by atoms with Gasteiger partial charge in [0.1, 0.15) is 0 Å². The molecule has 0 bridgehead atoms. The highest BCUT2D eigenvalue weighted by Gasteiger charge is 2.22. The zero-order valence-electron chi connectivity index (χ0n) is 10.7. The molecule has 0 spiro atoms. The van der Waals surface area contributed by atoms with Crippen molar-refractivity contribution in [1.82, 2.24) is 0 Å². The van der Waals surface area contributed by atoms with Gasteiger partial charge >= 0.3 is 0 Å². The molecule has 2 N–H and O–H groups in total. The first-order valence-corrected chi connectivity index (χ1v) is 6.70. The SMILES string of the molecule is NC=CCc1c2ccccc2cc2ccc3c(c12)C3. The van der Waals surface area contributed by atoms with Crippen LogP contribution in [-0.2, 0) is 12.8 Å². The molecule has 0 aliphatic heterocycles. The lowest BCUT2D eigenvalue weighted by atomic mass is 9.94. The summed E-state index contributed by atoms with van der Waals surface area (Å²) in [6.07, 6.45) is 5.75. The maximum atomic E-state index is 5.54. The second-order valence-electron chi connectivity index (χ2n) is 5.19. The van der Waals surface area contributed by atoms with Crippen LogP contribution in [0.1, 0.15) is 16.7 Å². The van der Waals surface area contributed by atoms with E-state index < -0.39 is 0 Å². The van der Waals surface area contributed by atoms with Crippen LogP contribution in [0.3, 0.4) is 0 Å². The Morgan fingerprint density at radius 2 is 1.95 bits per heavy atom. The van der Waals surface area contributed by atoms with Gasteiger partial charge in [0, 0.05) is 0 Å². The Hall–Kier alpha value is -2.28. The molecule has 0 radical (unpaired) electrons. The molecule has 4 rings (SSSR count). The number of benzene rings is 3. The Bertz CT molecular complexity index is 828. The molecular formula is C18H15N.